The van der Waals surface area contributed by atoms with Crippen molar-refractivity contribution in [1.82, 2.24) is 15.1 Å². The smallest absolute Gasteiger partial charge is 0.0762 e. The van der Waals surface area contributed by atoms with Crippen LogP contribution in [0.2, 0.25) is 0 Å². The van der Waals surface area contributed by atoms with Crippen LogP contribution in [0, 0.1) is 0 Å². The minimum atomic E-state index is -0.186. The molecule has 0 bridgehead atoms. The molecule has 0 amide bonds. The van der Waals surface area contributed by atoms with Crippen LogP contribution < -0.4 is 5.32 Å². The summed E-state index contributed by atoms with van der Waals surface area (Å²) in [4.78, 5) is 0. The largest absolute Gasteiger partial charge is 0.392 e. The maximum atomic E-state index is 10.1. The van der Waals surface area contributed by atoms with Gasteiger partial charge in [0, 0.05) is 18.8 Å². The lowest BCUT2D eigenvalue weighted by molar-refractivity contribution is 0.119. The first-order chi connectivity index (χ1) is 9.83. The van der Waals surface area contributed by atoms with Crippen molar-refractivity contribution in [2.45, 2.75) is 82.5 Å². The first kappa shape index (κ1) is 14.1. The van der Waals surface area contributed by atoms with Gasteiger partial charge in [0.25, 0.3) is 0 Å². The van der Waals surface area contributed by atoms with Gasteiger partial charge in [-0.1, -0.05) is 32.1 Å². The molecule has 2 aliphatic rings. The molecule has 1 heterocycles. The molecule has 2 saturated carbocycles. The standard InChI is InChI=1S/C16H27N3O/c20-16-9-3-1-2-8-15(16)17-12-13-10-11-19(18-13)14-6-4-5-7-14/h10-11,14-17,20H,1-9,12H2. The Morgan fingerprint density at radius 2 is 1.85 bits per heavy atom. The molecule has 2 N–H and O–H groups in total. The van der Waals surface area contributed by atoms with Gasteiger partial charge < -0.3 is 10.4 Å². The average molecular weight is 277 g/mol. The number of nitrogens with one attached hydrogen (secondary N) is 1. The van der Waals surface area contributed by atoms with Crippen LogP contribution in [0.5, 0.6) is 0 Å². The number of aliphatic hydroxyl groups excluding tert-OH is 1. The summed E-state index contributed by atoms with van der Waals surface area (Å²) < 4.78 is 2.15. The summed E-state index contributed by atoms with van der Waals surface area (Å²) in [6, 6.07) is 2.98. The first-order valence-electron chi connectivity index (χ1n) is 8.28. The van der Waals surface area contributed by atoms with Crippen molar-refractivity contribution >= 4 is 0 Å². The van der Waals surface area contributed by atoms with Gasteiger partial charge in [0.2, 0.25) is 0 Å². The number of nitrogens with zero attached hydrogens (tertiary/aromatic N) is 2. The number of rotatable bonds is 4. The van der Waals surface area contributed by atoms with Crippen molar-refractivity contribution in [1.29, 1.82) is 0 Å². The second-order valence-electron chi connectivity index (χ2n) is 6.42. The van der Waals surface area contributed by atoms with Crippen molar-refractivity contribution in [3.8, 4) is 0 Å². The van der Waals surface area contributed by atoms with E-state index in [-0.39, 0.29) is 12.1 Å². The third-order valence-corrected chi connectivity index (χ3v) is 4.89. The fourth-order valence-corrected chi connectivity index (χ4v) is 3.61. The molecule has 2 unspecified atom stereocenters. The zero-order valence-corrected chi connectivity index (χ0v) is 12.3. The molecule has 1 aromatic rings. The SMILES string of the molecule is OC1CCCCCC1NCc1ccn(C2CCCC2)n1. The summed E-state index contributed by atoms with van der Waals surface area (Å²) in [6.07, 6.45) is 12.8. The van der Waals surface area contributed by atoms with Gasteiger partial charge in [0.05, 0.1) is 17.8 Å². The number of aromatic nitrogens is 2. The summed E-state index contributed by atoms with van der Waals surface area (Å²) >= 11 is 0. The minimum absolute atomic E-state index is 0.186. The molecule has 2 fully saturated rings. The molecule has 0 aliphatic heterocycles. The highest BCUT2D eigenvalue weighted by molar-refractivity contribution is 5.00. The van der Waals surface area contributed by atoms with E-state index in [1.165, 1.54) is 38.5 Å². The maximum Gasteiger partial charge on any atom is 0.0762 e. The fraction of sp³-hybridized carbons (Fsp3) is 0.812. The predicted molar refractivity (Wildman–Crippen MR) is 79.5 cm³/mol. The van der Waals surface area contributed by atoms with Gasteiger partial charge in [0.15, 0.2) is 0 Å². The third-order valence-electron chi connectivity index (χ3n) is 4.89. The van der Waals surface area contributed by atoms with Gasteiger partial charge in [-0.3, -0.25) is 4.68 Å². The van der Waals surface area contributed by atoms with Gasteiger partial charge >= 0.3 is 0 Å². The Morgan fingerprint density at radius 1 is 1.10 bits per heavy atom. The highest BCUT2D eigenvalue weighted by atomic mass is 16.3. The van der Waals surface area contributed by atoms with Crippen molar-refractivity contribution in [2.24, 2.45) is 0 Å². The normalized spacial score (nSPS) is 28.6. The van der Waals surface area contributed by atoms with Gasteiger partial charge in [-0.2, -0.15) is 5.10 Å². The average Bonchev–Trinajstić information content (AvgIpc) is 3.08. The molecule has 0 saturated heterocycles. The van der Waals surface area contributed by atoms with E-state index in [1.54, 1.807) is 0 Å². The van der Waals surface area contributed by atoms with Gasteiger partial charge in [-0.15, -0.1) is 0 Å². The van der Waals surface area contributed by atoms with E-state index in [0.29, 0.717) is 6.04 Å². The summed E-state index contributed by atoms with van der Waals surface area (Å²) in [5, 5.41) is 18.3. The molecule has 0 aromatic carbocycles. The van der Waals surface area contributed by atoms with E-state index < -0.39 is 0 Å². The number of hydrogen-bond acceptors (Lipinski definition) is 3. The summed E-state index contributed by atoms with van der Waals surface area (Å²) in [7, 11) is 0. The predicted octanol–water partition coefficient (Wildman–Crippen LogP) is 2.78. The van der Waals surface area contributed by atoms with Crippen molar-refractivity contribution in [3.05, 3.63) is 18.0 Å². The number of aliphatic hydroxyl groups is 1. The molecule has 2 atom stereocenters. The first-order valence-corrected chi connectivity index (χ1v) is 8.28. The van der Waals surface area contributed by atoms with Crippen LogP contribution in [0.4, 0.5) is 0 Å². The second kappa shape index (κ2) is 6.72. The fourth-order valence-electron chi connectivity index (χ4n) is 3.61. The monoisotopic (exact) mass is 277 g/mol. The molecule has 2 aliphatic carbocycles. The Balaban J connectivity index is 1.52. The zero-order valence-electron chi connectivity index (χ0n) is 12.3. The van der Waals surface area contributed by atoms with Crippen LogP contribution in [-0.2, 0) is 6.54 Å². The van der Waals surface area contributed by atoms with E-state index in [1.807, 2.05) is 0 Å². The molecular formula is C16H27N3O. The van der Waals surface area contributed by atoms with E-state index in [9.17, 15) is 5.11 Å². The summed E-state index contributed by atoms with van der Waals surface area (Å²) in [5.41, 5.74) is 1.10. The van der Waals surface area contributed by atoms with Gasteiger partial charge in [0.1, 0.15) is 0 Å². The van der Waals surface area contributed by atoms with Gasteiger partial charge in [-0.25, -0.2) is 0 Å². The van der Waals surface area contributed by atoms with Crippen LogP contribution in [0.1, 0.15) is 69.5 Å². The Bertz CT molecular complexity index is 412. The van der Waals surface area contributed by atoms with Gasteiger partial charge in [-0.05, 0) is 31.7 Å². The highest BCUT2D eigenvalue weighted by Crippen LogP contribution is 2.28. The van der Waals surface area contributed by atoms with Crippen molar-refractivity contribution in [2.75, 3.05) is 0 Å². The van der Waals surface area contributed by atoms with Crippen molar-refractivity contribution in [3.63, 3.8) is 0 Å². The quantitative estimate of drug-likeness (QED) is 0.832. The molecule has 112 valence electrons. The van der Waals surface area contributed by atoms with Crippen LogP contribution in [0.25, 0.3) is 0 Å². The number of hydrogen-bond donors (Lipinski definition) is 2. The van der Waals surface area contributed by atoms with E-state index >= 15 is 0 Å². The van der Waals surface area contributed by atoms with Crippen LogP contribution >= 0.6 is 0 Å². The van der Waals surface area contributed by atoms with Crippen LogP contribution in [-0.4, -0.2) is 27.0 Å². The Hall–Kier alpha value is -0.870. The lowest BCUT2D eigenvalue weighted by atomic mass is 10.1. The molecule has 20 heavy (non-hydrogen) atoms. The van der Waals surface area contributed by atoms with E-state index in [2.05, 4.69) is 22.3 Å². The molecule has 3 rings (SSSR count). The maximum absolute atomic E-state index is 10.1. The second-order valence-corrected chi connectivity index (χ2v) is 6.42. The minimum Gasteiger partial charge on any atom is -0.392 e. The molecular weight excluding hydrogens is 250 g/mol. The zero-order chi connectivity index (χ0) is 13.8. The van der Waals surface area contributed by atoms with E-state index in [0.717, 1.165) is 31.5 Å². The topological polar surface area (TPSA) is 50.1 Å². The molecule has 0 spiro atoms. The summed E-state index contributed by atoms with van der Waals surface area (Å²) in [5.74, 6) is 0. The lowest BCUT2D eigenvalue weighted by Gasteiger charge is -2.21. The summed E-state index contributed by atoms with van der Waals surface area (Å²) in [6.45, 7) is 0.779. The molecule has 0 radical (unpaired) electrons. The Labute approximate surface area is 121 Å². The van der Waals surface area contributed by atoms with Crippen LogP contribution in [0.3, 0.4) is 0 Å². The molecule has 4 heteroatoms. The molecule has 1 aromatic heterocycles. The molecule has 4 nitrogen and oxygen atoms in total. The van der Waals surface area contributed by atoms with Crippen LogP contribution in [0.15, 0.2) is 12.3 Å². The van der Waals surface area contributed by atoms with E-state index in [4.69, 9.17) is 5.10 Å². The lowest BCUT2D eigenvalue weighted by Crippen LogP contribution is -2.38. The Kier molecular flexibility index (Phi) is 4.73. The van der Waals surface area contributed by atoms with Crippen molar-refractivity contribution < 1.29 is 5.11 Å². The highest BCUT2D eigenvalue weighted by Gasteiger charge is 2.21. The third kappa shape index (κ3) is 3.41. The Morgan fingerprint density at radius 3 is 2.70 bits per heavy atom.